The van der Waals surface area contributed by atoms with Crippen LogP contribution in [0.2, 0.25) is 0 Å². The van der Waals surface area contributed by atoms with Crippen molar-refractivity contribution in [1.29, 1.82) is 0 Å². The minimum atomic E-state index is -0.634. The van der Waals surface area contributed by atoms with E-state index in [9.17, 15) is 4.79 Å². The Labute approximate surface area is 101 Å². The summed E-state index contributed by atoms with van der Waals surface area (Å²) < 4.78 is 0. The Morgan fingerprint density at radius 2 is 1.94 bits per heavy atom. The molecule has 92 valence electrons. The lowest BCUT2D eigenvalue weighted by atomic mass is 9.82. The Morgan fingerprint density at radius 3 is 2.53 bits per heavy atom. The van der Waals surface area contributed by atoms with E-state index in [1.807, 2.05) is 12.1 Å². The van der Waals surface area contributed by atoms with Gasteiger partial charge in [0.25, 0.3) is 0 Å². The number of hydrogen-bond acceptors (Lipinski definition) is 3. The first-order valence-electron chi connectivity index (χ1n) is 6.12. The smallest absolute Gasteiger partial charge is 0.306 e. The number of anilines is 1. The fourth-order valence-corrected chi connectivity index (χ4v) is 2.35. The minimum Gasteiger partial charge on any atom is -0.481 e. The molecule has 1 aromatic rings. The molecule has 0 aliphatic heterocycles. The lowest BCUT2D eigenvalue weighted by Gasteiger charge is -2.26. The van der Waals surface area contributed by atoms with Crippen molar-refractivity contribution < 1.29 is 9.90 Å². The van der Waals surface area contributed by atoms with Crippen molar-refractivity contribution in [2.24, 2.45) is 11.8 Å². The molecule has 0 spiro atoms. The second-order valence-corrected chi connectivity index (χ2v) is 4.67. The second-order valence-electron chi connectivity index (χ2n) is 4.67. The van der Waals surface area contributed by atoms with E-state index in [4.69, 9.17) is 5.11 Å². The number of hydrogen-bond donors (Lipinski definition) is 2. The van der Waals surface area contributed by atoms with Crippen LogP contribution in [0.5, 0.6) is 0 Å². The van der Waals surface area contributed by atoms with Crippen LogP contribution in [0.4, 0.5) is 5.69 Å². The first-order valence-corrected chi connectivity index (χ1v) is 6.12. The monoisotopic (exact) mass is 234 g/mol. The van der Waals surface area contributed by atoms with Crippen LogP contribution in [-0.4, -0.2) is 22.6 Å². The SMILES string of the molecule is O=C(O)C1CCC(CNc2ccncc2)CC1. The summed E-state index contributed by atoms with van der Waals surface area (Å²) >= 11 is 0. The molecule has 4 heteroatoms. The van der Waals surface area contributed by atoms with E-state index in [2.05, 4.69) is 10.3 Å². The van der Waals surface area contributed by atoms with Gasteiger partial charge in [0.2, 0.25) is 0 Å². The summed E-state index contributed by atoms with van der Waals surface area (Å²) in [6, 6.07) is 3.89. The zero-order chi connectivity index (χ0) is 12.1. The molecule has 2 N–H and O–H groups in total. The van der Waals surface area contributed by atoms with Gasteiger partial charge in [-0.1, -0.05) is 0 Å². The van der Waals surface area contributed by atoms with Crippen LogP contribution >= 0.6 is 0 Å². The first-order chi connectivity index (χ1) is 8.25. The van der Waals surface area contributed by atoms with Crippen molar-refractivity contribution in [1.82, 2.24) is 4.98 Å². The van der Waals surface area contributed by atoms with Crippen LogP contribution in [-0.2, 0) is 4.79 Å². The zero-order valence-corrected chi connectivity index (χ0v) is 9.80. The predicted octanol–water partition coefficient (Wildman–Crippen LogP) is 2.38. The third kappa shape index (κ3) is 3.44. The van der Waals surface area contributed by atoms with Crippen LogP contribution in [0.3, 0.4) is 0 Å². The third-order valence-electron chi connectivity index (χ3n) is 3.47. The van der Waals surface area contributed by atoms with Gasteiger partial charge in [-0.2, -0.15) is 0 Å². The quantitative estimate of drug-likeness (QED) is 0.839. The molecular weight excluding hydrogens is 216 g/mol. The van der Waals surface area contributed by atoms with Crippen molar-refractivity contribution in [3.8, 4) is 0 Å². The molecule has 1 saturated carbocycles. The maximum absolute atomic E-state index is 10.8. The van der Waals surface area contributed by atoms with E-state index < -0.39 is 5.97 Å². The molecule has 0 amide bonds. The number of aliphatic carboxylic acids is 1. The Kier molecular flexibility index (Phi) is 3.96. The summed E-state index contributed by atoms with van der Waals surface area (Å²) in [4.78, 5) is 14.8. The number of nitrogens with zero attached hydrogens (tertiary/aromatic N) is 1. The molecule has 1 aliphatic rings. The lowest BCUT2D eigenvalue weighted by Crippen LogP contribution is -2.25. The van der Waals surface area contributed by atoms with E-state index in [0.29, 0.717) is 5.92 Å². The second kappa shape index (κ2) is 5.66. The first kappa shape index (κ1) is 11.9. The molecule has 4 nitrogen and oxygen atoms in total. The molecule has 0 unspecified atom stereocenters. The average Bonchev–Trinajstić information content (AvgIpc) is 2.38. The number of carboxylic acids is 1. The molecule has 0 aromatic carbocycles. The van der Waals surface area contributed by atoms with Crippen LogP contribution in [0.25, 0.3) is 0 Å². The normalized spacial score (nSPS) is 24.2. The molecule has 1 heterocycles. The van der Waals surface area contributed by atoms with E-state index >= 15 is 0 Å². The summed E-state index contributed by atoms with van der Waals surface area (Å²) in [7, 11) is 0. The molecule has 0 atom stereocenters. The Hall–Kier alpha value is -1.58. The largest absolute Gasteiger partial charge is 0.481 e. The summed E-state index contributed by atoms with van der Waals surface area (Å²) in [5.41, 5.74) is 1.08. The molecule has 1 fully saturated rings. The maximum atomic E-state index is 10.8. The number of carbonyl (C=O) groups is 1. The van der Waals surface area contributed by atoms with Gasteiger partial charge >= 0.3 is 5.97 Å². The fourth-order valence-electron chi connectivity index (χ4n) is 2.35. The van der Waals surface area contributed by atoms with Gasteiger partial charge < -0.3 is 10.4 Å². The molecule has 1 aromatic heterocycles. The Balaban J connectivity index is 1.74. The summed E-state index contributed by atoms with van der Waals surface area (Å²) in [6.45, 7) is 0.927. The maximum Gasteiger partial charge on any atom is 0.306 e. The van der Waals surface area contributed by atoms with Crippen molar-refractivity contribution >= 4 is 11.7 Å². The van der Waals surface area contributed by atoms with Crippen LogP contribution in [0.1, 0.15) is 25.7 Å². The molecule has 17 heavy (non-hydrogen) atoms. The van der Waals surface area contributed by atoms with E-state index in [0.717, 1.165) is 37.9 Å². The van der Waals surface area contributed by atoms with E-state index in [1.54, 1.807) is 12.4 Å². The Bertz CT molecular complexity index is 359. The molecule has 0 bridgehead atoms. The van der Waals surface area contributed by atoms with Crippen molar-refractivity contribution in [2.75, 3.05) is 11.9 Å². The standard InChI is InChI=1S/C13H18N2O2/c16-13(17)11-3-1-10(2-4-11)9-15-12-5-7-14-8-6-12/h5-8,10-11H,1-4,9H2,(H,14,15)(H,16,17). The van der Waals surface area contributed by atoms with Gasteiger partial charge in [-0.15, -0.1) is 0 Å². The zero-order valence-electron chi connectivity index (χ0n) is 9.80. The van der Waals surface area contributed by atoms with Gasteiger partial charge in [0.05, 0.1) is 5.92 Å². The van der Waals surface area contributed by atoms with Gasteiger partial charge in [-0.25, -0.2) is 0 Å². The Morgan fingerprint density at radius 1 is 1.29 bits per heavy atom. The van der Waals surface area contributed by atoms with Crippen LogP contribution in [0, 0.1) is 11.8 Å². The van der Waals surface area contributed by atoms with Crippen LogP contribution in [0.15, 0.2) is 24.5 Å². The minimum absolute atomic E-state index is 0.118. The highest BCUT2D eigenvalue weighted by molar-refractivity contribution is 5.70. The third-order valence-corrected chi connectivity index (χ3v) is 3.47. The van der Waals surface area contributed by atoms with Crippen LogP contribution < -0.4 is 5.32 Å². The molecule has 0 saturated heterocycles. The summed E-state index contributed by atoms with van der Waals surface area (Å²) in [5, 5.41) is 12.3. The van der Waals surface area contributed by atoms with Crippen molar-refractivity contribution in [3.05, 3.63) is 24.5 Å². The van der Waals surface area contributed by atoms with Crippen molar-refractivity contribution in [3.63, 3.8) is 0 Å². The predicted molar refractivity (Wildman–Crippen MR) is 65.8 cm³/mol. The number of carboxylic acid groups (broad SMARTS) is 1. The lowest BCUT2D eigenvalue weighted by molar-refractivity contribution is -0.143. The molecule has 2 rings (SSSR count). The summed E-state index contributed by atoms with van der Waals surface area (Å²) in [6.07, 6.45) is 7.19. The highest BCUT2D eigenvalue weighted by atomic mass is 16.4. The van der Waals surface area contributed by atoms with Gasteiger partial charge in [-0.05, 0) is 43.7 Å². The topological polar surface area (TPSA) is 62.2 Å². The molecular formula is C13H18N2O2. The van der Waals surface area contributed by atoms with Gasteiger partial charge in [-0.3, -0.25) is 9.78 Å². The highest BCUT2D eigenvalue weighted by Gasteiger charge is 2.25. The van der Waals surface area contributed by atoms with Gasteiger partial charge in [0.15, 0.2) is 0 Å². The van der Waals surface area contributed by atoms with Gasteiger partial charge in [0.1, 0.15) is 0 Å². The summed E-state index contributed by atoms with van der Waals surface area (Å²) in [5.74, 6) is -0.156. The number of aromatic nitrogens is 1. The molecule has 0 radical (unpaired) electrons. The number of nitrogens with one attached hydrogen (secondary N) is 1. The van der Waals surface area contributed by atoms with E-state index in [1.165, 1.54) is 0 Å². The highest BCUT2D eigenvalue weighted by Crippen LogP contribution is 2.29. The number of rotatable bonds is 4. The molecule has 1 aliphatic carbocycles. The number of pyridine rings is 1. The average molecular weight is 234 g/mol. The van der Waals surface area contributed by atoms with E-state index in [-0.39, 0.29) is 5.92 Å². The van der Waals surface area contributed by atoms with Crippen molar-refractivity contribution in [2.45, 2.75) is 25.7 Å². The fraction of sp³-hybridized carbons (Fsp3) is 0.538. The van der Waals surface area contributed by atoms with Gasteiger partial charge in [0, 0.05) is 24.6 Å².